The summed E-state index contributed by atoms with van der Waals surface area (Å²) >= 11 is 0. The van der Waals surface area contributed by atoms with Crippen molar-refractivity contribution in [2.24, 2.45) is 0 Å². The summed E-state index contributed by atoms with van der Waals surface area (Å²) in [5.41, 5.74) is 15.6. The average Bonchev–Trinajstić information content (AvgIpc) is 3.94. The van der Waals surface area contributed by atoms with Crippen molar-refractivity contribution in [2.45, 2.75) is 12.0 Å². The first kappa shape index (κ1) is 31.9. The Morgan fingerprint density at radius 2 is 1.04 bits per heavy atom. The molecule has 0 N–H and O–H groups in total. The van der Waals surface area contributed by atoms with Gasteiger partial charge in [0.2, 0.25) is 0 Å². The maximum absolute atomic E-state index is 6.66. The van der Waals surface area contributed by atoms with E-state index in [9.17, 15) is 0 Å². The van der Waals surface area contributed by atoms with Crippen molar-refractivity contribution in [3.05, 3.63) is 212 Å². The maximum atomic E-state index is 6.66. The highest BCUT2D eigenvalue weighted by atomic mass is 16.5. The molecule has 0 fully saturated rings. The molecular weight excluding hydrogens is 693 g/mol. The molecule has 2 unspecified atom stereocenters. The fourth-order valence-corrected chi connectivity index (χ4v) is 9.44. The predicted molar refractivity (Wildman–Crippen MR) is 237 cm³/mol. The van der Waals surface area contributed by atoms with Gasteiger partial charge < -0.3 is 13.9 Å². The number of nitrogens with zero attached hydrogens (tertiary/aromatic N) is 2. The van der Waals surface area contributed by atoms with E-state index in [0.29, 0.717) is 0 Å². The lowest BCUT2D eigenvalue weighted by Gasteiger charge is -2.20. The molecule has 0 amide bonds. The van der Waals surface area contributed by atoms with E-state index in [1.807, 2.05) is 0 Å². The summed E-state index contributed by atoms with van der Waals surface area (Å²) in [6, 6.07) is 68.1. The Labute approximate surface area is 330 Å². The van der Waals surface area contributed by atoms with Crippen LogP contribution in [0.5, 0.6) is 5.75 Å². The number of ether oxygens (including phenoxy) is 1. The lowest BCUT2D eigenvalue weighted by atomic mass is 9.90. The molecule has 2 atom stereocenters. The van der Waals surface area contributed by atoms with E-state index in [4.69, 9.17) is 4.74 Å². The zero-order valence-corrected chi connectivity index (χ0v) is 31.1. The second-order valence-electron chi connectivity index (χ2n) is 15.2. The third kappa shape index (κ3) is 4.99. The molecule has 0 saturated carbocycles. The Morgan fingerprint density at radius 1 is 0.421 bits per heavy atom. The molecule has 0 bridgehead atoms. The minimum Gasteiger partial charge on any atom is -0.485 e. The highest BCUT2D eigenvalue weighted by Gasteiger charge is 2.35. The van der Waals surface area contributed by atoms with Crippen LogP contribution in [0.3, 0.4) is 0 Å². The molecule has 12 rings (SSSR count). The van der Waals surface area contributed by atoms with Gasteiger partial charge in [-0.15, -0.1) is 0 Å². The van der Waals surface area contributed by atoms with Crippen LogP contribution in [0.1, 0.15) is 11.5 Å². The molecule has 10 aromatic rings. The highest BCUT2D eigenvalue weighted by molar-refractivity contribution is 6.17. The molecule has 2 aliphatic rings. The summed E-state index contributed by atoms with van der Waals surface area (Å²) in [7, 11) is 0. The van der Waals surface area contributed by atoms with Crippen LogP contribution in [0.4, 0.5) is 0 Å². The van der Waals surface area contributed by atoms with Crippen molar-refractivity contribution in [3.8, 4) is 44.8 Å². The van der Waals surface area contributed by atoms with Crippen molar-refractivity contribution in [1.29, 1.82) is 0 Å². The van der Waals surface area contributed by atoms with Crippen LogP contribution >= 0.6 is 0 Å². The van der Waals surface area contributed by atoms with Gasteiger partial charge in [-0.3, -0.25) is 0 Å². The second kappa shape index (κ2) is 12.6. The SMILES string of the molecule is C1=CC2Oc3ccc(-n4c5ccccc5c5cc(-c6ccccc6)ccc54)cc3C2C=C1n1c2ccc(-c3ccccc3)cc2c2c(-c3ccccc3)cccc21. The topological polar surface area (TPSA) is 19.1 Å². The number of para-hydroxylation sites is 1. The molecule has 268 valence electrons. The monoisotopic (exact) mass is 728 g/mol. The molecule has 3 heteroatoms. The molecule has 0 spiro atoms. The van der Waals surface area contributed by atoms with Crippen LogP contribution in [-0.2, 0) is 0 Å². The van der Waals surface area contributed by atoms with Crippen molar-refractivity contribution < 1.29 is 4.74 Å². The lowest BCUT2D eigenvalue weighted by Crippen LogP contribution is -2.18. The van der Waals surface area contributed by atoms with Crippen molar-refractivity contribution >= 4 is 49.3 Å². The lowest BCUT2D eigenvalue weighted by molar-refractivity contribution is 0.269. The molecule has 57 heavy (non-hydrogen) atoms. The van der Waals surface area contributed by atoms with Crippen LogP contribution in [-0.4, -0.2) is 15.2 Å². The first-order chi connectivity index (χ1) is 28.3. The number of benzene rings is 8. The Kier molecular flexibility index (Phi) is 7.05. The van der Waals surface area contributed by atoms with Crippen LogP contribution in [0.15, 0.2) is 206 Å². The largest absolute Gasteiger partial charge is 0.485 e. The summed E-state index contributed by atoms with van der Waals surface area (Å²) in [5, 5.41) is 5.01. The van der Waals surface area contributed by atoms with E-state index in [0.717, 1.165) is 17.1 Å². The Bertz CT molecular complexity index is 3260. The third-order valence-corrected chi connectivity index (χ3v) is 12.1. The molecule has 8 aromatic carbocycles. The molecule has 3 nitrogen and oxygen atoms in total. The van der Waals surface area contributed by atoms with Gasteiger partial charge >= 0.3 is 0 Å². The number of allylic oxidation sites excluding steroid dienone is 2. The first-order valence-electron chi connectivity index (χ1n) is 19.7. The zero-order chi connectivity index (χ0) is 37.5. The number of fused-ring (bicyclic) bond motifs is 9. The predicted octanol–water partition coefficient (Wildman–Crippen LogP) is 13.8. The smallest absolute Gasteiger partial charge is 0.128 e. The fourth-order valence-electron chi connectivity index (χ4n) is 9.44. The molecule has 2 aromatic heterocycles. The first-order valence-corrected chi connectivity index (χ1v) is 19.7. The molecule has 0 radical (unpaired) electrons. The standard InChI is InChI=1S/C54H36N2O/c1-4-13-35(14-5-1)38-23-27-49-44(31-38)43-19-10-11-21-48(43)55(49)40-25-29-52-45(33-40)46-34-41(26-30-53(46)57-52)56-50-28-24-39(36-15-6-2-7-16-36)32-47(50)54-42(20-12-22-51(54)56)37-17-8-3-9-18-37/h1-34,46,53H. The van der Waals surface area contributed by atoms with Gasteiger partial charge in [0.15, 0.2) is 0 Å². The van der Waals surface area contributed by atoms with Crippen LogP contribution in [0.25, 0.3) is 88.4 Å². The molecule has 0 saturated heterocycles. The minimum atomic E-state index is -0.0664. The molecule has 1 aliphatic heterocycles. The van der Waals surface area contributed by atoms with E-state index in [2.05, 4.69) is 215 Å². The Balaban J connectivity index is 1.02. The minimum absolute atomic E-state index is 0.0612. The van der Waals surface area contributed by atoms with E-state index < -0.39 is 0 Å². The van der Waals surface area contributed by atoms with Crippen LogP contribution in [0, 0.1) is 0 Å². The quantitative estimate of drug-likeness (QED) is 0.173. The van der Waals surface area contributed by atoms with Gasteiger partial charge in [0.05, 0.1) is 22.1 Å². The molecular formula is C54H36N2O. The summed E-state index contributed by atoms with van der Waals surface area (Å²) in [4.78, 5) is 0. The molecule has 1 aliphatic carbocycles. The second-order valence-corrected chi connectivity index (χ2v) is 15.2. The van der Waals surface area contributed by atoms with Gasteiger partial charge in [-0.2, -0.15) is 0 Å². The maximum Gasteiger partial charge on any atom is 0.128 e. The fraction of sp³-hybridized carbons (Fsp3) is 0.0370. The number of rotatable bonds is 5. The Morgan fingerprint density at radius 3 is 1.77 bits per heavy atom. The molecule has 3 heterocycles. The van der Waals surface area contributed by atoms with E-state index in [1.54, 1.807) is 0 Å². The number of hydrogen-bond acceptors (Lipinski definition) is 1. The van der Waals surface area contributed by atoms with Crippen LogP contribution in [0.2, 0.25) is 0 Å². The van der Waals surface area contributed by atoms with Crippen LogP contribution < -0.4 is 4.74 Å². The van der Waals surface area contributed by atoms with Crippen molar-refractivity contribution in [2.75, 3.05) is 0 Å². The zero-order valence-electron chi connectivity index (χ0n) is 31.1. The van der Waals surface area contributed by atoms with Crippen molar-refractivity contribution in [3.63, 3.8) is 0 Å². The highest BCUT2D eigenvalue weighted by Crippen LogP contribution is 2.47. The van der Waals surface area contributed by atoms with Gasteiger partial charge in [-0.25, -0.2) is 0 Å². The van der Waals surface area contributed by atoms with E-state index >= 15 is 0 Å². The summed E-state index contributed by atoms with van der Waals surface area (Å²) in [6.07, 6.45) is 6.87. The van der Waals surface area contributed by atoms with Gasteiger partial charge in [-0.1, -0.05) is 133 Å². The van der Waals surface area contributed by atoms with Gasteiger partial charge in [0, 0.05) is 44.4 Å². The summed E-state index contributed by atoms with van der Waals surface area (Å²) in [5.74, 6) is 1.01. The van der Waals surface area contributed by atoms with E-state index in [-0.39, 0.29) is 12.0 Å². The Hall–Kier alpha value is -7.36. The van der Waals surface area contributed by atoms with E-state index in [1.165, 1.54) is 82.6 Å². The normalized spacial score (nSPS) is 15.9. The average molecular weight is 729 g/mol. The number of hydrogen-bond donors (Lipinski definition) is 0. The van der Waals surface area contributed by atoms with Gasteiger partial charge in [-0.05, 0) is 106 Å². The summed E-state index contributed by atoms with van der Waals surface area (Å²) in [6.45, 7) is 0. The van der Waals surface area contributed by atoms with Gasteiger partial charge in [0.1, 0.15) is 11.9 Å². The van der Waals surface area contributed by atoms with Gasteiger partial charge in [0.25, 0.3) is 0 Å². The van der Waals surface area contributed by atoms with Crippen molar-refractivity contribution in [1.82, 2.24) is 9.13 Å². The summed E-state index contributed by atoms with van der Waals surface area (Å²) < 4.78 is 11.5. The number of aromatic nitrogens is 2. The third-order valence-electron chi connectivity index (χ3n) is 12.1.